The van der Waals surface area contributed by atoms with Crippen molar-refractivity contribution in [1.82, 2.24) is 4.98 Å². The molecule has 0 fully saturated rings. The quantitative estimate of drug-likeness (QED) is 0.920. The fourth-order valence-electron chi connectivity index (χ4n) is 3.64. The average molecular weight is 297 g/mol. The van der Waals surface area contributed by atoms with Gasteiger partial charge in [-0.2, -0.15) is 0 Å². The summed E-state index contributed by atoms with van der Waals surface area (Å²) in [6.07, 6.45) is 5.84. The summed E-state index contributed by atoms with van der Waals surface area (Å²) in [5.41, 5.74) is 3.84. The van der Waals surface area contributed by atoms with Crippen molar-refractivity contribution < 1.29 is 5.11 Å². The molecule has 1 aromatic heterocycles. The Morgan fingerprint density at radius 1 is 1.14 bits per heavy atom. The number of thioether (sulfide) groups is 1. The van der Waals surface area contributed by atoms with E-state index < -0.39 is 0 Å². The molecule has 2 nitrogen and oxygen atoms in total. The first-order chi connectivity index (χ1) is 10.3. The molecule has 1 aromatic carbocycles. The maximum Gasteiger partial charge on any atom is 0.0749 e. The summed E-state index contributed by atoms with van der Waals surface area (Å²) < 4.78 is 0. The van der Waals surface area contributed by atoms with Gasteiger partial charge in [-0.25, -0.2) is 0 Å². The average Bonchev–Trinajstić information content (AvgIpc) is 2.97. The third-order valence-corrected chi connectivity index (χ3v) is 6.10. The van der Waals surface area contributed by atoms with Crippen LogP contribution in [0.1, 0.15) is 35.6 Å². The summed E-state index contributed by atoms with van der Waals surface area (Å²) in [5.74, 6) is 0.196. The second kappa shape index (κ2) is 5.47. The summed E-state index contributed by atoms with van der Waals surface area (Å²) in [7, 11) is 0. The predicted molar refractivity (Wildman–Crippen MR) is 85.7 cm³/mol. The normalized spacial score (nSPS) is 25.2. The number of pyridine rings is 1. The van der Waals surface area contributed by atoms with Gasteiger partial charge < -0.3 is 5.11 Å². The molecule has 2 aliphatic rings. The first-order valence-corrected chi connectivity index (χ1v) is 8.57. The van der Waals surface area contributed by atoms with Crippen molar-refractivity contribution in [3.05, 3.63) is 59.4 Å². The Labute approximate surface area is 129 Å². The topological polar surface area (TPSA) is 33.1 Å². The zero-order chi connectivity index (χ0) is 14.2. The standard InChI is InChI=1S/C18H19NOS/c20-18(16-11-13-5-1-2-9-15(13)21-16)14-8-3-6-12-7-4-10-19-17(12)14/h1-2,4-5,7,9-10,14,16,18,20H,3,6,8,11H2. The Morgan fingerprint density at radius 2 is 2.00 bits per heavy atom. The smallest absolute Gasteiger partial charge is 0.0749 e. The zero-order valence-electron chi connectivity index (χ0n) is 11.9. The van der Waals surface area contributed by atoms with Crippen LogP contribution in [0.15, 0.2) is 47.5 Å². The lowest BCUT2D eigenvalue weighted by atomic mass is 9.81. The number of aliphatic hydroxyl groups is 1. The van der Waals surface area contributed by atoms with Gasteiger partial charge in [-0.15, -0.1) is 11.8 Å². The van der Waals surface area contributed by atoms with E-state index in [0.717, 1.165) is 31.4 Å². The van der Waals surface area contributed by atoms with Crippen LogP contribution in [0, 0.1) is 0 Å². The van der Waals surface area contributed by atoms with Crippen LogP contribution in [0.5, 0.6) is 0 Å². The minimum Gasteiger partial charge on any atom is -0.391 e. The summed E-state index contributed by atoms with van der Waals surface area (Å²) in [5, 5.41) is 11.2. The van der Waals surface area contributed by atoms with Crippen molar-refractivity contribution in [3.63, 3.8) is 0 Å². The van der Waals surface area contributed by atoms with Crippen LogP contribution in [-0.2, 0) is 12.8 Å². The number of aryl methyl sites for hydroxylation is 1. The van der Waals surface area contributed by atoms with Crippen molar-refractivity contribution in [2.75, 3.05) is 0 Å². The largest absolute Gasteiger partial charge is 0.391 e. The molecule has 0 saturated heterocycles. The third kappa shape index (κ3) is 2.39. The molecule has 21 heavy (non-hydrogen) atoms. The lowest BCUT2D eigenvalue weighted by Gasteiger charge is -2.31. The van der Waals surface area contributed by atoms with E-state index in [0.29, 0.717) is 0 Å². The second-order valence-electron chi connectivity index (χ2n) is 6.01. The maximum atomic E-state index is 10.9. The number of fused-ring (bicyclic) bond motifs is 2. The van der Waals surface area contributed by atoms with Crippen LogP contribution in [0.4, 0.5) is 0 Å². The molecule has 1 aliphatic heterocycles. The van der Waals surface area contributed by atoms with Gasteiger partial charge in [0.25, 0.3) is 0 Å². The van der Waals surface area contributed by atoms with Crippen molar-refractivity contribution in [2.24, 2.45) is 0 Å². The van der Waals surface area contributed by atoms with E-state index in [4.69, 9.17) is 0 Å². The Morgan fingerprint density at radius 3 is 2.90 bits per heavy atom. The molecule has 3 unspecified atom stereocenters. The van der Waals surface area contributed by atoms with Crippen LogP contribution < -0.4 is 0 Å². The third-order valence-electron chi connectivity index (χ3n) is 4.70. The van der Waals surface area contributed by atoms with Crippen LogP contribution in [0.2, 0.25) is 0 Å². The first kappa shape index (κ1) is 13.4. The number of hydrogen-bond acceptors (Lipinski definition) is 3. The molecule has 108 valence electrons. The summed E-state index contributed by atoms with van der Waals surface area (Å²) in [4.78, 5) is 5.91. The minimum absolute atomic E-state index is 0.196. The molecule has 3 heteroatoms. The van der Waals surface area contributed by atoms with Crippen molar-refractivity contribution in [2.45, 2.75) is 47.9 Å². The van der Waals surface area contributed by atoms with Crippen LogP contribution in [0.25, 0.3) is 0 Å². The van der Waals surface area contributed by atoms with Gasteiger partial charge in [-0.3, -0.25) is 4.98 Å². The highest BCUT2D eigenvalue weighted by Crippen LogP contribution is 2.43. The van der Waals surface area contributed by atoms with Gasteiger partial charge in [0.05, 0.1) is 6.10 Å². The molecule has 2 heterocycles. The van der Waals surface area contributed by atoms with Crippen LogP contribution in [0.3, 0.4) is 0 Å². The van der Waals surface area contributed by atoms with E-state index in [1.165, 1.54) is 16.0 Å². The zero-order valence-corrected chi connectivity index (χ0v) is 12.7. The molecule has 1 aliphatic carbocycles. The summed E-state index contributed by atoms with van der Waals surface area (Å²) in [6.45, 7) is 0. The first-order valence-electron chi connectivity index (χ1n) is 7.69. The second-order valence-corrected chi connectivity index (χ2v) is 7.29. The van der Waals surface area contributed by atoms with Crippen molar-refractivity contribution in [3.8, 4) is 0 Å². The van der Waals surface area contributed by atoms with Crippen molar-refractivity contribution >= 4 is 11.8 Å². The molecule has 0 saturated carbocycles. The molecule has 4 rings (SSSR count). The van der Waals surface area contributed by atoms with E-state index >= 15 is 0 Å². The molecule has 0 bridgehead atoms. The number of nitrogens with zero attached hydrogens (tertiary/aromatic N) is 1. The SMILES string of the molecule is OC(C1Cc2ccccc2S1)C1CCCc2cccnc21. The molecule has 0 amide bonds. The van der Waals surface area contributed by atoms with E-state index in [9.17, 15) is 5.11 Å². The number of benzene rings is 1. The predicted octanol–water partition coefficient (Wildman–Crippen LogP) is 3.58. The van der Waals surface area contributed by atoms with E-state index in [1.807, 2.05) is 24.0 Å². The van der Waals surface area contributed by atoms with Gasteiger partial charge in [0, 0.05) is 28.0 Å². The van der Waals surface area contributed by atoms with Gasteiger partial charge >= 0.3 is 0 Å². The van der Waals surface area contributed by atoms with Gasteiger partial charge in [0.2, 0.25) is 0 Å². The van der Waals surface area contributed by atoms with Gasteiger partial charge in [-0.05, 0) is 48.9 Å². The molecular formula is C18H19NOS. The maximum absolute atomic E-state index is 10.9. The number of rotatable bonds is 2. The Kier molecular flexibility index (Phi) is 3.48. The number of aromatic nitrogens is 1. The van der Waals surface area contributed by atoms with E-state index in [2.05, 4.69) is 35.3 Å². The van der Waals surface area contributed by atoms with E-state index in [1.54, 1.807) is 0 Å². The summed E-state index contributed by atoms with van der Waals surface area (Å²) >= 11 is 1.83. The highest BCUT2D eigenvalue weighted by molar-refractivity contribution is 8.00. The highest BCUT2D eigenvalue weighted by atomic mass is 32.2. The fraction of sp³-hybridized carbons (Fsp3) is 0.389. The minimum atomic E-state index is -0.309. The Balaban J connectivity index is 1.59. The van der Waals surface area contributed by atoms with Gasteiger partial charge in [0.1, 0.15) is 0 Å². The molecule has 2 aromatic rings. The van der Waals surface area contributed by atoms with Gasteiger partial charge in [0.15, 0.2) is 0 Å². The van der Waals surface area contributed by atoms with Crippen molar-refractivity contribution in [1.29, 1.82) is 0 Å². The molecular weight excluding hydrogens is 278 g/mol. The lowest BCUT2D eigenvalue weighted by Crippen LogP contribution is -2.32. The number of hydrogen-bond donors (Lipinski definition) is 1. The Hall–Kier alpha value is -1.32. The molecule has 3 atom stereocenters. The monoisotopic (exact) mass is 297 g/mol. The van der Waals surface area contributed by atoms with Crippen LogP contribution in [-0.4, -0.2) is 21.4 Å². The molecule has 0 spiro atoms. The molecule has 0 radical (unpaired) electrons. The van der Waals surface area contributed by atoms with E-state index in [-0.39, 0.29) is 17.3 Å². The van der Waals surface area contributed by atoms with Crippen LogP contribution >= 0.6 is 11.8 Å². The number of aliphatic hydroxyl groups excluding tert-OH is 1. The lowest BCUT2D eigenvalue weighted by molar-refractivity contribution is 0.130. The Bertz CT molecular complexity index is 632. The fourth-order valence-corrected chi connectivity index (χ4v) is 5.01. The molecule has 1 N–H and O–H groups in total. The van der Waals surface area contributed by atoms with Gasteiger partial charge in [-0.1, -0.05) is 24.3 Å². The summed E-state index contributed by atoms with van der Waals surface area (Å²) in [6, 6.07) is 12.7. The highest BCUT2D eigenvalue weighted by Gasteiger charge is 2.36.